The minimum absolute atomic E-state index is 0.375. The Labute approximate surface area is 64.1 Å². The minimum atomic E-state index is -1.07. The summed E-state index contributed by atoms with van der Waals surface area (Å²) in [5.41, 5.74) is 2.32. The maximum Gasteiger partial charge on any atom is 0.329 e. The lowest BCUT2D eigenvalue weighted by molar-refractivity contribution is -0.135. The number of carboxylic acid groups (broad SMARTS) is 1. The van der Waals surface area contributed by atoms with Crippen LogP contribution in [0.5, 0.6) is 0 Å². The van der Waals surface area contributed by atoms with E-state index < -0.39 is 12.0 Å². The topological polar surface area (TPSA) is 81.7 Å². The minimum Gasteiger partial charge on any atom is -0.480 e. The molecule has 0 atom stereocenters. The van der Waals surface area contributed by atoms with Crippen molar-refractivity contribution in [3.05, 3.63) is 0 Å². The summed E-state index contributed by atoms with van der Waals surface area (Å²) in [6.07, 6.45) is 0. The largest absolute Gasteiger partial charge is 0.480 e. The van der Waals surface area contributed by atoms with Crippen LogP contribution in [0.25, 0.3) is 0 Å². The predicted molar refractivity (Wildman–Crippen MR) is 37.9 cm³/mol. The van der Waals surface area contributed by atoms with E-state index in [-0.39, 0.29) is 6.54 Å². The fourth-order valence-electron chi connectivity index (χ4n) is 0.399. The average Bonchev–Trinajstić information content (AvgIpc) is 1.82. The van der Waals surface area contributed by atoms with E-state index in [0.29, 0.717) is 0 Å². The van der Waals surface area contributed by atoms with Crippen LogP contribution in [0, 0.1) is 0 Å². The Morgan fingerprint density at radius 2 is 2.00 bits per heavy atom. The number of urea groups is 1. The third kappa shape index (κ3) is 6.59. The Morgan fingerprint density at radius 3 is 2.36 bits per heavy atom. The number of nitrogens with one attached hydrogen (secondary N) is 2. The van der Waals surface area contributed by atoms with Gasteiger partial charge in [0.1, 0.15) is 6.54 Å². The number of amides is 2. The summed E-state index contributed by atoms with van der Waals surface area (Å²) in [7, 11) is 3.25. The van der Waals surface area contributed by atoms with E-state index in [1.807, 2.05) is 0 Å². The fraction of sp³-hybridized carbons (Fsp3) is 0.600. The zero-order valence-corrected chi connectivity index (χ0v) is 6.42. The number of aliphatic carboxylic acids is 1. The van der Waals surface area contributed by atoms with Crippen molar-refractivity contribution in [1.29, 1.82) is 0 Å². The monoisotopic (exact) mass is 161 g/mol. The molecule has 0 spiro atoms. The smallest absolute Gasteiger partial charge is 0.329 e. The molecule has 3 N–H and O–H groups in total. The second-order valence-electron chi connectivity index (χ2n) is 2.08. The zero-order valence-electron chi connectivity index (χ0n) is 6.42. The summed E-state index contributed by atoms with van der Waals surface area (Å²) in [6.45, 7) is -0.375. The summed E-state index contributed by atoms with van der Waals surface area (Å²) in [4.78, 5) is 20.6. The summed E-state index contributed by atoms with van der Waals surface area (Å²) in [5.74, 6) is -1.07. The molecule has 0 fully saturated rings. The molecule has 0 aliphatic carbocycles. The first-order valence-electron chi connectivity index (χ1n) is 2.96. The van der Waals surface area contributed by atoms with Gasteiger partial charge in [-0.1, -0.05) is 0 Å². The highest BCUT2D eigenvalue weighted by atomic mass is 16.4. The molecule has 0 heterocycles. The van der Waals surface area contributed by atoms with Gasteiger partial charge < -0.3 is 10.4 Å². The van der Waals surface area contributed by atoms with Gasteiger partial charge >= 0.3 is 12.0 Å². The van der Waals surface area contributed by atoms with E-state index >= 15 is 0 Å². The van der Waals surface area contributed by atoms with Crippen molar-refractivity contribution in [3.63, 3.8) is 0 Å². The van der Waals surface area contributed by atoms with Gasteiger partial charge in [-0.25, -0.2) is 9.80 Å². The molecule has 0 saturated carbocycles. The van der Waals surface area contributed by atoms with Crippen molar-refractivity contribution in [2.75, 3.05) is 20.6 Å². The van der Waals surface area contributed by atoms with Gasteiger partial charge in [0.25, 0.3) is 0 Å². The molecular weight excluding hydrogens is 150 g/mol. The van der Waals surface area contributed by atoms with Gasteiger partial charge in [-0.2, -0.15) is 0 Å². The van der Waals surface area contributed by atoms with E-state index in [2.05, 4.69) is 10.7 Å². The highest BCUT2D eigenvalue weighted by Crippen LogP contribution is 1.67. The summed E-state index contributed by atoms with van der Waals surface area (Å²) in [6, 6.07) is -0.530. The van der Waals surface area contributed by atoms with E-state index in [1.54, 1.807) is 14.1 Å². The lowest BCUT2D eigenvalue weighted by Gasteiger charge is -2.11. The molecule has 0 saturated heterocycles. The standard InChI is InChI=1S/C5H11N3O3/c1-8(2)7-5(11)6-3-4(9)10/h3H2,1-2H3,(H,9,10)(H2,6,7,11). The molecular formula is C5H11N3O3. The molecule has 0 aliphatic rings. The molecule has 0 unspecified atom stereocenters. The Morgan fingerprint density at radius 1 is 1.45 bits per heavy atom. The molecule has 0 bridgehead atoms. The SMILES string of the molecule is CN(C)NC(=O)NCC(=O)O. The van der Waals surface area contributed by atoms with Gasteiger partial charge in [0.15, 0.2) is 0 Å². The number of rotatable bonds is 3. The first-order chi connectivity index (χ1) is 5.02. The van der Waals surface area contributed by atoms with Crippen LogP contribution in [0.15, 0.2) is 0 Å². The second-order valence-corrected chi connectivity index (χ2v) is 2.08. The number of carbonyl (C=O) groups excluding carboxylic acids is 1. The molecule has 0 aromatic carbocycles. The van der Waals surface area contributed by atoms with E-state index in [0.717, 1.165) is 0 Å². The highest BCUT2D eigenvalue weighted by molar-refractivity contribution is 5.79. The quantitative estimate of drug-likeness (QED) is 0.456. The molecule has 0 aliphatic heterocycles. The Balaban J connectivity index is 3.45. The lowest BCUT2D eigenvalue weighted by Crippen LogP contribution is -2.44. The predicted octanol–water partition coefficient (Wildman–Crippen LogP) is -1.15. The van der Waals surface area contributed by atoms with Crippen LogP contribution >= 0.6 is 0 Å². The molecule has 6 nitrogen and oxygen atoms in total. The Kier molecular flexibility index (Phi) is 3.97. The Hall–Kier alpha value is -1.30. The average molecular weight is 161 g/mol. The number of nitrogens with zero attached hydrogens (tertiary/aromatic N) is 1. The van der Waals surface area contributed by atoms with Crippen molar-refractivity contribution < 1.29 is 14.7 Å². The van der Waals surface area contributed by atoms with Gasteiger partial charge in [-0.3, -0.25) is 10.2 Å². The number of hydrogen-bond acceptors (Lipinski definition) is 3. The molecule has 0 aromatic rings. The Bertz CT molecular complexity index is 157. The van der Waals surface area contributed by atoms with Crippen molar-refractivity contribution in [2.24, 2.45) is 0 Å². The van der Waals surface area contributed by atoms with Gasteiger partial charge in [0, 0.05) is 14.1 Å². The maximum atomic E-state index is 10.6. The molecule has 0 rings (SSSR count). The lowest BCUT2D eigenvalue weighted by atomic mass is 10.6. The summed E-state index contributed by atoms with van der Waals surface area (Å²) in [5, 5.41) is 11.7. The van der Waals surface area contributed by atoms with Crippen molar-refractivity contribution in [2.45, 2.75) is 0 Å². The highest BCUT2D eigenvalue weighted by Gasteiger charge is 2.01. The van der Waals surface area contributed by atoms with Crippen LogP contribution in [0.4, 0.5) is 4.79 Å². The first kappa shape index (κ1) is 9.70. The second kappa shape index (κ2) is 4.51. The van der Waals surface area contributed by atoms with Crippen LogP contribution in [0.3, 0.4) is 0 Å². The van der Waals surface area contributed by atoms with Gasteiger partial charge in [0.05, 0.1) is 0 Å². The molecule has 0 radical (unpaired) electrons. The third-order valence-corrected chi connectivity index (χ3v) is 0.725. The number of hydrazine groups is 1. The number of carboxylic acids is 1. The first-order valence-corrected chi connectivity index (χ1v) is 2.96. The van der Waals surface area contributed by atoms with Crippen LogP contribution in [-0.2, 0) is 4.79 Å². The zero-order chi connectivity index (χ0) is 8.85. The van der Waals surface area contributed by atoms with Crippen LogP contribution in [-0.4, -0.2) is 42.8 Å². The van der Waals surface area contributed by atoms with Crippen molar-refractivity contribution in [3.8, 4) is 0 Å². The number of carbonyl (C=O) groups is 2. The van der Waals surface area contributed by atoms with Gasteiger partial charge in [0.2, 0.25) is 0 Å². The van der Waals surface area contributed by atoms with E-state index in [4.69, 9.17) is 5.11 Å². The van der Waals surface area contributed by atoms with Crippen LogP contribution in [0.2, 0.25) is 0 Å². The van der Waals surface area contributed by atoms with Gasteiger partial charge in [-0.15, -0.1) is 0 Å². The number of hydrogen-bond donors (Lipinski definition) is 3. The van der Waals surface area contributed by atoms with Crippen molar-refractivity contribution >= 4 is 12.0 Å². The van der Waals surface area contributed by atoms with Gasteiger partial charge in [-0.05, 0) is 0 Å². The van der Waals surface area contributed by atoms with E-state index in [1.165, 1.54) is 5.01 Å². The van der Waals surface area contributed by atoms with E-state index in [9.17, 15) is 9.59 Å². The summed E-state index contributed by atoms with van der Waals surface area (Å²) < 4.78 is 0. The van der Waals surface area contributed by atoms with Crippen LogP contribution in [0.1, 0.15) is 0 Å². The van der Waals surface area contributed by atoms with Crippen LogP contribution < -0.4 is 10.7 Å². The molecule has 6 heteroatoms. The molecule has 0 aromatic heterocycles. The normalized spacial score (nSPS) is 9.36. The summed E-state index contributed by atoms with van der Waals surface area (Å²) >= 11 is 0. The molecule has 11 heavy (non-hydrogen) atoms. The van der Waals surface area contributed by atoms with Crippen molar-refractivity contribution in [1.82, 2.24) is 15.8 Å². The molecule has 2 amide bonds. The maximum absolute atomic E-state index is 10.6. The molecule has 64 valence electrons. The third-order valence-electron chi connectivity index (χ3n) is 0.725. The fourth-order valence-corrected chi connectivity index (χ4v) is 0.399.